The Kier molecular flexibility index (Phi) is 4.41. The lowest BCUT2D eigenvalue weighted by atomic mass is 9.90. The zero-order valence-electron chi connectivity index (χ0n) is 14.3. The molecule has 24 heavy (non-hydrogen) atoms. The van der Waals surface area contributed by atoms with Crippen molar-refractivity contribution in [3.8, 4) is 0 Å². The Labute approximate surface area is 145 Å². The van der Waals surface area contributed by atoms with E-state index in [1.165, 1.54) is 19.1 Å². The first kappa shape index (κ1) is 16.5. The van der Waals surface area contributed by atoms with Gasteiger partial charge in [-0.15, -0.1) is 0 Å². The van der Waals surface area contributed by atoms with Gasteiger partial charge in [-0.2, -0.15) is 4.31 Å². The largest absolute Gasteiger partial charge is 0.317 e. The maximum atomic E-state index is 12.3. The second-order valence-corrected chi connectivity index (χ2v) is 9.48. The molecule has 3 aliphatic rings. The third-order valence-corrected chi connectivity index (χ3v) is 7.27. The summed E-state index contributed by atoms with van der Waals surface area (Å²) < 4.78 is 26.4. The Morgan fingerprint density at radius 2 is 1.75 bits per heavy atom. The topological polar surface area (TPSA) is 52.7 Å². The third-order valence-electron chi connectivity index (χ3n) is 6.04. The van der Waals surface area contributed by atoms with Crippen LogP contribution in [0.25, 0.3) is 0 Å². The van der Waals surface area contributed by atoms with E-state index in [-0.39, 0.29) is 6.04 Å². The number of benzene rings is 1. The van der Waals surface area contributed by atoms with Crippen LogP contribution in [-0.2, 0) is 10.0 Å². The van der Waals surface area contributed by atoms with Crippen molar-refractivity contribution >= 4 is 10.0 Å². The van der Waals surface area contributed by atoms with Crippen LogP contribution in [0.2, 0.25) is 0 Å². The smallest absolute Gasteiger partial charge is 0.211 e. The highest BCUT2D eigenvalue weighted by atomic mass is 32.2. The minimum absolute atomic E-state index is 0.00193. The number of sulfonamides is 1. The Bertz CT molecular complexity index is 673. The first-order valence-corrected chi connectivity index (χ1v) is 10.9. The van der Waals surface area contributed by atoms with E-state index in [4.69, 9.17) is 0 Å². The lowest BCUT2D eigenvalue weighted by molar-refractivity contribution is 0.173. The third kappa shape index (κ3) is 3.01. The Hall–Kier alpha value is -0.950. The molecule has 132 valence electrons. The van der Waals surface area contributed by atoms with E-state index in [1.807, 2.05) is 18.2 Å². The van der Waals surface area contributed by atoms with Gasteiger partial charge in [-0.05, 0) is 43.3 Å². The van der Waals surface area contributed by atoms with Crippen molar-refractivity contribution in [2.75, 3.05) is 39.0 Å². The molecule has 1 N–H and O–H groups in total. The number of hydrogen-bond acceptors (Lipinski definition) is 4. The van der Waals surface area contributed by atoms with Crippen LogP contribution in [0, 0.1) is 11.8 Å². The summed E-state index contributed by atoms with van der Waals surface area (Å²) in [7, 11) is -3.18. The van der Waals surface area contributed by atoms with Crippen molar-refractivity contribution in [1.82, 2.24) is 14.5 Å². The van der Waals surface area contributed by atoms with Gasteiger partial charge in [0, 0.05) is 25.7 Å². The minimum Gasteiger partial charge on any atom is -0.317 e. The number of piperidine rings is 1. The van der Waals surface area contributed by atoms with Crippen LogP contribution in [0.15, 0.2) is 30.3 Å². The molecule has 0 saturated carbocycles. The van der Waals surface area contributed by atoms with Crippen molar-refractivity contribution < 1.29 is 8.42 Å². The summed E-state index contributed by atoms with van der Waals surface area (Å²) >= 11 is 0. The molecular weight excluding hydrogens is 322 g/mol. The van der Waals surface area contributed by atoms with E-state index in [0.717, 1.165) is 31.7 Å². The molecule has 1 aromatic rings. The van der Waals surface area contributed by atoms with Gasteiger partial charge in [-0.3, -0.25) is 4.90 Å². The molecule has 3 fully saturated rings. The van der Waals surface area contributed by atoms with Crippen LogP contribution in [-0.4, -0.2) is 62.6 Å². The Morgan fingerprint density at radius 3 is 2.42 bits per heavy atom. The standard InChI is InChI=1S/C18H27N3O2S/c1-24(22,23)21-12-15-11-20(16-7-9-19-10-8-16)13-17(15)18(21)14-5-3-2-4-6-14/h2-6,15-19H,7-13H2,1H3/t15-,17-,18+/m1/s1. The predicted octanol–water partition coefficient (Wildman–Crippen LogP) is 1.30. The van der Waals surface area contributed by atoms with Crippen LogP contribution in [0.3, 0.4) is 0 Å². The molecule has 1 aromatic carbocycles. The van der Waals surface area contributed by atoms with Crippen molar-refractivity contribution in [3.63, 3.8) is 0 Å². The van der Waals surface area contributed by atoms with Crippen molar-refractivity contribution in [3.05, 3.63) is 35.9 Å². The SMILES string of the molecule is CS(=O)(=O)N1C[C@H]2CN(C3CCNCC3)C[C@H]2[C@@H]1c1ccccc1. The first-order chi connectivity index (χ1) is 11.5. The van der Waals surface area contributed by atoms with Gasteiger partial charge in [-0.25, -0.2) is 8.42 Å². The number of likely N-dealkylation sites (tertiary alicyclic amines) is 1. The van der Waals surface area contributed by atoms with Gasteiger partial charge < -0.3 is 5.32 Å². The number of rotatable bonds is 3. The van der Waals surface area contributed by atoms with Crippen LogP contribution in [0.1, 0.15) is 24.4 Å². The summed E-state index contributed by atoms with van der Waals surface area (Å²) in [5.41, 5.74) is 1.14. The molecule has 5 nitrogen and oxygen atoms in total. The van der Waals surface area contributed by atoms with Crippen molar-refractivity contribution in [1.29, 1.82) is 0 Å². The van der Waals surface area contributed by atoms with Gasteiger partial charge in [-0.1, -0.05) is 30.3 Å². The first-order valence-electron chi connectivity index (χ1n) is 9.00. The van der Waals surface area contributed by atoms with E-state index in [2.05, 4.69) is 22.3 Å². The van der Waals surface area contributed by atoms with Crippen LogP contribution < -0.4 is 5.32 Å². The number of nitrogens with zero attached hydrogens (tertiary/aromatic N) is 2. The summed E-state index contributed by atoms with van der Waals surface area (Å²) in [5.74, 6) is 0.872. The van der Waals surface area contributed by atoms with Gasteiger partial charge >= 0.3 is 0 Å². The number of hydrogen-bond donors (Lipinski definition) is 1. The second kappa shape index (κ2) is 6.41. The van der Waals surface area contributed by atoms with Gasteiger partial charge in [0.05, 0.1) is 12.3 Å². The Balaban J connectivity index is 1.59. The molecule has 0 radical (unpaired) electrons. The van der Waals surface area contributed by atoms with Gasteiger partial charge in [0.25, 0.3) is 0 Å². The van der Waals surface area contributed by atoms with Gasteiger partial charge in [0.1, 0.15) is 0 Å². The second-order valence-electron chi connectivity index (χ2n) is 7.55. The molecule has 0 spiro atoms. The fourth-order valence-electron chi connectivity index (χ4n) is 4.92. The molecule has 3 heterocycles. The normalized spacial score (nSPS) is 33.0. The molecule has 3 aliphatic heterocycles. The molecule has 0 aromatic heterocycles. The lowest BCUT2D eigenvalue weighted by Crippen LogP contribution is -2.43. The Morgan fingerprint density at radius 1 is 1.04 bits per heavy atom. The zero-order valence-corrected chi connectivity index (χ0v) is 15.1. The molecule has 3 saturated heterocycles. The molecule has 0 aliphatic carbocycles. The average molecular weight is 350 g/mol. The number of nitrogens with one attached hydrogen (secondary N) is 1. The molecule has 0 bridgehead atoms. The van der Waals surface area contributed by atoms with E-state index in [1.54, 1.807) is 4.31 Å². The molecule has 6 heteroatoms. The van der Waals surface area contributed by atoms with Crippen LogP contribution in [0.4, 0.5) is 0 Å². The lowest BCUT2D eigenvalue weighted by Gasteiger charge is -2.34. The molecule has 0 amide bonds. The van der Waals surface area contributed by atoms with Gasteiger partial charge in [0.15, 0.2) is 0 Å². The predicted molar refractivity (Wildman–Crippen MR) is 95.2 cm³/mol. The summed E-state index contributed by atoms with van der Waals surface area (Å²) in [4.78, 5) is 2.63. The van der Waals surface area contributed by atoms with Crippen molar-refractivity contribution in [2.24, 2.45) is 11.8 Å². The highest BCUT2D eigenvalue weighted by Gasteiger charge is 2.51. The van der Waals surface area contributed by atoms with Crippen LogP contribution >= 0.6 is 0 Å². The summed E-state index contributed by atoms with van der Waals surface area (Å²) in [6, 6.07) is 10.9. The fourth-order valence-corrected chi connectivity index (χ4v) is 6.07. The zero-order chi connectivity index (χ0) is 16.7. The van der Waals surface area contributed by atoms with E-state index in [0.29, 0.717) is 24.4 Å². The maximum Gasteiger partial charge on any atom is 0.211 e. The highest BCUT2D eigenvalue weighted by Crippen LogP contribution is 2.46. The van der Waals surface area contributed by atoms with Gasteiger partial charge in [0.2, 0.25) is 10.0 Å². The van der Waals surface area contributed by atoms with E-state index in [9.17, 15) is 8.42 Å². The maximum absolute atomic E-state index is 12.3. The monoisotopic (exact) mass is 349 g/mol. The summed E-state index contributed by atoms with van der Waals surface area (Å²) in [6.07, 6.45) is 3.78. The fraction of sp³-hybridized carbons (Fsp3) is 0.667. The van der Waals surface area contributed by atoms with E-state index < -0.39 is 10.0 Å². The minimum atomic E-state index is -3.18. The van der Waals surface area contributed by atoms with Crippen LogP contribution in [0.5, 0.6) is 0 Å². The highest BCUT2D eigenvalue weighted by molar-refractivity contribution is 7.88. The number of fused-ring (bicyclic) bond motifs is 1. The quantitative estimate of drug-likeness (QED) is 0.894. The van der Waals surface area contributed by atoms with Crippen molar-refractivity contribution in [2.45, 2.75) is 24.9 Å². The average Bonchev–Trinajstić information content (AvgIpc) is 3.14. The molecular formula is C18H27N3O2S. The molecule has 4 rings (SSSR count). The summed E-state index contributed by atoms with van der Waals surface area (Å²) in [5, 5.41) is 3.44. The molecule has 3 atom stereocenters. The summed E-state index contributed by atoms with van der Waals surface area (Å²) in [6.45, 7) is 4.96. The molecule has 0 unspecified atom stereocenters. The van der Waals surface area contributed by atoms with E-state index >= 15 is 0 Å².